The molecule has 0 atom stereocenters. The van der Waals surface area contributed by atoms with Crippen molar-refractivity contribution in [3.8, 4) is 0 Å². The van der Waals surface area contributed by atoms with E-state index in [0.29, 0.717) is 0 Å². The van der Waals surface area contributed by atoms with Gasteiger partial charge in [-0.15, -0.1) is 0 Å². The van der Waals surface area contributed by atoms with Crippen LogP contribution in [0.4, 0.5) is 4.79 Å². The van der Waals surface area contributed by atoms with Gasteiger partial charge in [0, 0.05) is 0 Å². The van der Waals surface area contributed by atoms with Crippen molar-refractivity contribution in [1.82, 2.24) is 5.43 Å². The number of ether oxygens (including phenoxy) is 1. The molecule has 14 heavy (non-hydrogen) atoms. The van der Waals surface area contributed by atoms with E-state index in [-0.39, 0.29) is 0 Å². The van der Waals surface area contributed by atoms with E-state index in [0.717, 1.165) is 5.56 Å². The van der Waals surface area contributed by atoms with E-state index in [1.807, 2.05) is 35.8 Å². The van der Waals surface area contributed by atoms with Crippen molar-refractivity contribution in [1.29, 1.82) is 0 Å². The first-order chi connectivity index (χ1) is 6.56. The van der Waals surface area contributed by atoms with Gasteiger partial charge in [-0.25, -0.2) is 10.6 Å². The highest BCUT2D eigenvalue weighted by Crippen LogP contribution is 2.23. The summed E-state index contributed by atoms with van der Waals surface area (Å²) >= 11 is 0. The smallest absolute Gasteiger partial charge is 0.422 e. The summed E-state index contributed by atoms with van der Waals surface area (Å²) in [5.41, 5.74) is 2.17. The average Bonchev–Trinajstić information content (AvgIpc) is 2.18. The molecule has 0 heterocycles. The van der Waals surface area contributed by atoms with Crippen LogP contribution in [-0.4, -0.2) is 6.09 Å². The highest BCUT2D eigenvalue weighted by molar-refractivity contribution is 5.67. The first kappa shape index (κ1) is 10.5. The SMILES string of the molecule is CC(C)(OC(=O)NN)c1ccccc1. The molecule has 0 aliphatic heterocycles. The Hall–Kier alpha value is -1.55. The van der Waals surface area contributed by atoms with Gasteiger partial charge in [0.25, 0.3) is 0 Å². The first-order valence-electron chi connectivity index (χ1n) is 4.31. The normalized spacial score (nSPS) is 10.8. The minimum atomic E-state index is -0.676. The molecule has 3 N–H and O–H groups in total. The van der Waals surface area contributed by atoms with E-state index in [4.69, 9.17) is 10.6 Å². The summed E-state index contributed by atoms with van der Waals surface area (Å²) in [6.45, 7) is 3.61. The fourth-order valence-corrected chi connectivity index (χ4v) is 1.16. The van der Waals surface area contributed by atoms with Crippen LogP contribution < -0.4 is 11.3 Å². The molecule has 0 aromatic heterocycles. The van der Waals surface area contributed by atoms with Gasteiger partial charge in [0.2, 0.25) is 0 Å². The van der Waals surface area contributed by atoms with Crippen molar-refractivity contribution in [3.05, 3.63) is 35.9 Å². The molecule has 1 aromatic rings. The predicted octanol–water partition coefficient (Wildman–Crippen LogP) is 1.52. The third-order valence-electron chi connectivity index (χ3n) is 1.93. The molecule has 0 aliphatic carbocycles. The lowest BCUT2D eigenvalue weighted by atomic mass is 9.98. The Morgan fingerprint density at radius 3 is 2.43 bits per heavy atom. The van der Waals surface area contributed by atoms with Gasteiger partial charge in [0.15, 0.2) is 0 Å². The number of hydrazine groups is 1. The van der Waals surface area contributed by atoms with E-state index < -0.39 is 11.7 Å². The summed E-state index contributed by atoms with van der Waals surface area (Å²) in [6, 6.07) is 9.47. The maximum absolute atomic E-state index is 10.9. The molecule has 0 radical (unpaired) electrons. The highest BCUT2D eigenvalue weighted by atomic mass is 16.6. The molecule has 0 saturated carbocycles. The molecule has 4 nitrogen and oxygen atoms in total. The lowest BCUT2D eigenvalue weighted by Gasteiger charge is -2.24. The number of nitrogens with one attached hydrogen (secondary N) is 1. The molecule has 4 heteroatoms. The van der Waals surface area contributed by atoms with Crippen LogP contribution in [0.25, 0.3) is 0 Å². The maximum Gasteiger partial charge on any atom is 0.422 e. The molecule has 1 amide bonds. The summed E-state index contributed by atoms with van der Waals surface area (Å²) in [5.74, 6) is 4.93. The highest BCUT2D eigenvalue weighted by Gasteiger charge is 2.24. The van der Waals surface area contributed by atoms with Crippen molar-refractivity contribution >= 4 is 6.09 Å². The second-order valence-corrected chi connectivity index (χ2v) is 3.41. The standard InChI is InChI=1S/C10H14N2O2/c1-10(2,14-9(13)12-11)8-6-4-3-5-7-8/h3-7H,11H2,1-2H3,(H,12,13). The van der Waals surface area contributed by atoms with Crippen LogP contribution in [0.3, 0.4) is 0 Å². The van der Waals surface area contributed by atoms with Gasteiger partial charge in [0.1, 0.15) is 5.60 Å². The average molecular weight is 194 g/mol. The largest absolute Gasteiger partial charge is 0.438 e. The molecule has 0 aliphatic rings. The molecular formula is C10H14N2O2. The van der Waals surface area contributed by atoms with Crippen molar-refractivity contribution in [2.75, 3.05) is 0 Å². The fraction of sp³-hybridized carbons (Fsp3) is 0.300. The van der Waals surface area contributed by atoms with Crippen LogP contribution in [0.5, 0.6) is 0 Å². The Labute approximate surface area is 83.0 Å². The third-order valence-corrected chi connectivity index (χ3v) is 1.93. The van der Waals surface area contributed by atoms with Crippen LogP contribution in [0.1, 0.15) is 19.4 Å². The van der Waals surface area contributed by atoms with E-state index in [2.05, 4.69) is 0 Å². The Balaban J connectivity index is 2.80. The number of carbonyl (C=O) groups excluding carboxylic acids is 1. The number of hydrogen-bond acceptors (Lipinski definition) is 3. The lowest BCUT2D eigenvalue weighted by Crippen LogP contribution is -2.36. The second kappa shape index (κ2) is 4.11. The summed E-state index contributed by atoms with van der Waals surface area (Å²) in [5, 5.41) is 0. The molecule has 0 saturated heterocycles. The zero-order chi connectivity index (χ0) is 10.6. The minimum absolute atomic E-state index is 0.640. The molecule has 1 aromatic carbocycles. The zero-order valence-electron chi connectivity index (χ0n) is 8.28. The van der Waals surface area contributed by atoms with Gasteiger partial charge in [-0.3, -0.25) is 5.43 Å². The minimum Gasteiger partial charge on any atom is -0.438 e. The van der Waals surface area contributed by atoms with E-state index in [1.165, 1.54) is 0 Å². The summed E-state index contributed by atoms with van der Waals surface area (Å²) in [6.07, 6.45) is -0.640. The van der Waals surface area contributed by atoms with Crippen molar-refractivity contribution in [2.45, 2.75) is 19.4 Å². The van der Waals surface area contributed by atoms with Crippen LogP contribution in [0, 0.1) is 0 Å². The molecule has 0 spiro atoms. The van der Waals surface area contributed by atoms with E-state index in [1.54, 1.807) is 13.8 Å². The summed E-state index contributed by atoms with van der Waals surface area (Å²) in [7, 11) is 0. The monoisotopic (exact) mass is 194 g/mol. The topological polar surface area (TPSA) is 64.3 Å². The molecule has 0 fully saturated rings. The van der Waals surface area contributed by atoms with Gasteiger partial charge in [-0.2, -0.15) is 0 Å². The Kier molecular flexibility index (Phi) is 3.09. The quantitative estimate of drug-likeness (QED) is 0.426. The molecule has 0 unspecified atom stereocenters. The first-order valence-corrected chi connectivity index (χ1v) is 4.31. The molecule has 76 valence electrons. The second-order valence-electron chi connectivity index (χ2n) is 3.41. The summed E-state index contributed by atoms with van der Waals surface area (Å²) < 4.78 is 5.10. The Bertz CT molecular complexity index is 309. The van der Waals surface area contributed by atoms with Crippen LogP contribution in [0.15, 0.2) is 30.3 Å². The Morgan fingerprint density at radius 1 is 1.36 bits per heavy atom. The fourth-order valence-electron chi connectivity index (χ4n) is 1.16. The van der Waals surface area contributed by atoms with Gasteiger partial charge in [-0.05, 0) is 19.4 Å². The molecule has 1 rings (SSSR count). The summed E-state index contributed by atoms with van der Waals surface area (Å²) in [4.78, 5) is 10.9. The van der Waals surface area contributed by atoms with Gasteiger partial charge >= 0.3 is 6.09 Å². The van der Waals surface area contributed by atoms with E-state index in [9.17, 15) is 4.79 Å². The van der Waals surface area contributed by atoms with E-state index >= 15 is 0 Å². The molecule has 0 bridgehead atoms. The van der Waals surface area contributed by atoms with Crippen molar-refractivity contribution in [2.24, 2.45) is 5.84 Å². The van der Waals surface area contributed by atoms with Crippen molar-refractivity contribution in [3.63, 3.8) is 0 Å². The maximum atomic E-state index is 10.9. The zero-order valence-corrected chi connectivity index (χ0v) is 8.28. The van der Waals surface area contributed by atoms with Gasteiger partial charge in [0.05, 0.1) is 0 Å². The van der Waals surface area contributed by atoms with Crippen LogP contribution in [0.2, 0.25) is 0 Å². The number of nitrogens with two attached hydrogens (primary N) is 1. The van der Waals surface area contributed by atoms with Gasteiger partial charge in [-0.1, -0.05) is 30.3 Å². The predicted molar refractivity (Wildman–Crippen MR) is 53.3 cm³/mol. The molecular weight excluding hydrogens is 180 g/mol. The van der Waals surface area contributed by atoms with Crippen LogP contribution >= 0.6 is 0 Å². The third kappa shape index (κ3) is 2.47. The van der Waals surface area contributed by atoms with Crippen molar-refractivity contribution < 1.29 is 9.53 Å². The number of benzene rings is 1. The number of amides is 1. The Morgan fingerprint density at radius 2 is 1.93 bits per heavy atom. The number of rotatable bonds is 2. The van der Waals surface area contributed by atoms with Crippen LogP contribution in [-0.2, 0) is 10.3 Å². The van der Waals surface area contributed by atoms with Gasteiger partial charge < -0.3 is 4.74 Å². The number of carbonyl (C=O) groups is 1. The number of hydrogen-bond donors (Lipinski definition) is 2. The lowest BCUT2D eigenvalue weighted by molar-refractivity contribution is 0.0364.